The molecule has 2 aliphatic rings. The number of rotatable bonds is 5. The Labute approximate surface area is 210 Å². The molecule has 2 aliphatic heterocycles. The van der Waals surface area contributed by atoms with Crippen molar-refractivity contribution in [2.45, 2.75) is 24.3 Å². The average Bonchev–Trinajstić information content (AvgIpc) is 3.24. The number of anilines is 2. The van der Waals surface area contributed by atoms with Gasteiger partial charge in [-0.15, -0.1) is 0 Å². The molecular weight excluding hydrogens is 481 g/mol. The number of nitrogens with zero attached hydrogens (tertiary/aromatic N) is 3. The molecule has 1 amide bonds. The van der Waals surface area contributed by atoms with E-state index < -0.39 is 15.8 Å². The molecule has 0 radical (unpaired) electrons. The zero-order chi connectivity index (χ0) is 25.4. The smallest absolute Gasteiger partial charge is 0.264 e. The summed E-state index contributed by atoms with van der Waals surface area (Å²) in [6.07, 6.45) is 0.502. The number of methoxy groups -OCH3 is 1. The minimum absolute atomic E-state index is 0.0403. The van der Waals surface area contributed by atoms with Gasteiger partial charge in [0.05, 0.1) is 17.7 Å². The number of halogens is 1. The first-order chi connectivity index (χ1) is 17.3. The van der Waals surface area contributed by atoms with Crippen LogP contribution < -0.4 is 13.9 Å². The van der Waals surface area contributed by atoms with Gasteiger partial charge in [-0.2, -0.15) is 0 Å². The van der Waals surface area contributed by atoms with Crippen molar-refractivity contribution in [1.82, 2.24) is 4.90 Å². The van der Waals surface area contributed by atoms with Crippen molar-refractivity contribution >= 4 is 27.3 Å². The second-order valence-corrected chi connectivity index (χ2v) is 10.9. The van der Waals surface area contributed by atoms with Gasteiger partial charge in [0.15, 0.2) is 0 Å². The monoisotopic (exact) mass is 509 g/mol. The molecule has 0 aliphatic carbocycles. The first-order valence-electron chi connectivity index (χ1n) is 11.9. The van der Waals surface area contributed by atoms with E-state index in [4.69, 9.17) is 4.74 Å². The van der Waals surface area contributed by atoms with E-state index in [2.05, 4.69) is 4.90 Å². The molecule has 0 aromatic heterocycles. The summed E-state index contributed by atoms with van der Waals surface area (Å²) in [6.45, 7) is 4.49. The van der Waals surface area contributed by atoms with Gasteiger partial charge in [0.1, 0.15) is 11.6 Å². The van der Waals surface area contributed by atoms with E-state index in [0.29, 0.717) is 30.8 Å². The van der Waals surface area contributed by atoms with Crippen LogP contribution in [0.1, 0.15) is 22.8 Å². The van der Waals surface area contributed by atoms with E-state index in [0.717, 1.165) is 42.2 Å². The minimum Gasteiger partial charge on any atom is -0.497 e. The number of sulfonamides is 1. The number of amides is 1. The lowest BCUT2D eigenvalue weighted by Crippen LogP contribution is -2.48. The maximum absolute atomic E-state index is 13.3. The van der Waals surface area contributed by atoms with E-state index >= 15 is 0 Å². The molecule has 3 aromatic rings. The molecule has 0 bridgehead atoms. The van der Waals surface area contributed by atoms with Crippen LogP contribution in [0.5, 0.6) is 5.75 Å². The van der Waals surface area contributed by atoms with E-state index in [1.165, 1.54) is 16.4 Å². The lowest BCUT2D eigenvalue weighted by molar-refractivity contribution is 0.0746. The van der Waals surface area contributed by atoms with Gasteiger partial charge in [-0.1, -0.05) is 0 Å². The first-order valence-corrected chi connectivity index (χ1v) is 13.3. The van der Waals surface area contributed by atoms with Gasteiger partial charge in [0, 0.05) is 43.5 Å². The molecule has 0 unspecified atom stereocenters. The van der Waals surface area contributed by atoms with Gasteiger partial charge in [0.25, 0.3) is 15.9 Å². The van der Waals surface area contributed by atoms with E-state index in [1.54, 1.807) is 19.2 Å². The van der Waals surface area contributed by atoms with E-state index in [9.17, 15) is 17.6 Å². The van der Waals surface area contributed by atoms with Crippen molar-refractivity contribution in [1.29, 1.82) is 0 Å². The Hall–Kier alpha value is -3.59. The van der Waals surface area contributed by atoms with Crippen LogP contribution in [0.4, 0.5) is 15.8 Å². The third kappa shape index (κ3) is 4.39. The number of ether oxygens (including phenoxy) is 1. The Morgan fingerprint density at radius 1 is 0.944 bits per heavy atom. The molecule has 0 N–H and O–H groups in total. The lowest BCUT2D eigenvalue weighted by atomic mass is 10.1. The van der Waals surface area contributed by atoms with Crippen LogP contribution in [0.25, 0.3) is 0 Å². The van der Waals surface area contributed by atoms with Crippen LogP contribution in [-0.2, 0) is 16.4 Å². The second-order valence-electron chi connectivity index (χ2n) is 9.13. The lowest BCUT2D eigenvalue weighted by Gasteiger charge is -2.36. The summed E-state index contributed by atoms with van der Waals surface area (Å²) in [5.41, 5.74) is 3.03. The Morgan fingerprint density at radius 3 is 2.25 bits per heavy atom. The van der Waals surface area contributed by atoms with Crippen molar-refractivity contribution in [2.24, 2.45) is 0 Å². The van der Waals surface area contributed by atoms with Gasteiger partial charge in [-0.05, 0) is 85.6 Å². The Bertz CT molecular complexity index is 1370. The fourth-order valence-corrected chi connectivity index (χ4v) is 6.66. The van der Waals surface area contributed by atoms with Crippen LogP contribution in [0, 0.1) is 5.82 Å². The maximum Gasteiger partial charge on any atom is 0.264 e. The molecular formula is C27H28FN3O4S. The molecule has 36 heavy (non-hydrogen) atoms. The van der Waals surface area contributed by atoms with Gasteiger partial charge in [-0.3, -0.25) is 9.10 Å². The highest BCUT2D eigenvalue weighted by Gasteiger charge is 2.36. The highest BCUT2D eigenvalue weighted by Crippen LogP contribution is 2.37. The number of fused-ring (bicyclic) bond motifs is 1. The second kappa shape index (κ2) is 9.46. The maximum atomic E-state index is 13.3. The highest BCUT2D eigenvalue weighted by atomic mass is 32.2. The molecule has 9 heteroatoms. The molecule has 1 saturated heterocycles. The number of hydrogen-bond acceptors (Lipinski definition) is 5. The third-order valence-electron chi connectivity index (χ3n) is 6.85. The van der Waals surface area contributed by atoms with Crippen molar-refractivity contribution < 1.29 is 22.3 Å². The summed E-state index contributed by atoms with van der Waals surface area (Å²) >= 11 is 0. The minimum atomic E-state index is -3.85. The number of hydrogen-bond donors (Lipinski definition) is 0. The van der Waals surface area contributed by atoms with E-state index in [1.807, 2.05) is 42.2 Å². The normalized spacial score (nSPS) is 17.8. The molecule has 2 heterocycles. The zero-order valence-electron chi connectivity index (χ0n) is 20.2. The van der Waals surface area contributed by atoms with E-state index in [-0.39, 0.29) is 16.8 Å². The summed E-state index contributed by atoms with van der Waals surface area (Å²) in [4.78, 5) is 17.4. The Kier molecular flexibility index (Phi) is 6.34. The van der Waals surface area contributed by atoms with Crippen molar-refractivity contribution in [2.75, 3.05) is 42.5 Å². The summed E-state index contributed by atoms with van der Waals surface area (Å²) in [6, 6.07) is 17.6. The number of carbonyl (C=O) groups is 1. The predicted octanol–water partition coefficient (Wildman–Crippen LogP) is 3.94. The highest BCUT2D eigenvalue weighted by molar-refractivity contribution is 7.92. The van der Waals surface area contributed by atoms with Crippen molar-refractivity contribution in [3.05, 3.63) is 83.7 Å². The summed E-state index contributed by atoms with van der Waals surface area (Å²) in [5.74, 6) is 0.263. The third-order valence-corrected chi connectivity index (χ3v) is 8.80. The number of piperazine rings is 1. The zero-order valence-corrected chi connectivity index (χ0v) is 21.0. The molecule has 188 valence electrons. The van der Waals surface area contributed by atoms with Crippen LogP contribution in [0.3, 0.4) is 0 Å². The molecule has 0 saturated carbocycles. The predicted molar refractivity (Wildman–Crippen MR) is 137 cm³/mol. The largest absolute Gasteiger partial charge is 0.497 e. The summed E-state index contributed by atoms with van der Waals surface area (Å²) in [7, 11) is -2.21. The molecule has 1 atom stereocenters. The van der Waals surface area contributed by atoms with Crippen LogP contribution in [-0.4, -0.2) is 58.6 Å². The van der Waals surface area contributed by atoms with Gasteiger partial charge < -0.3 is 14.5 Å². The molecule has 7 nitrogen and oxygen atoms in total. The standard InChI is InChI=1S/C27H28FN3O4S/c1-19-17-21-18-20(3-12-26(21)31(19)36(33,34)25-10-4-22(28)5-11-25)27(32)30-15-13-29(14-16-30)23-6-8-24(35-2)9-7-23/h3-12,18-19H,13-17H2,1-2H3/t19-/m1/s1. The molecule has 1 fully saturated rings. The molecule has 3 aromatic carbocycles. The first kappa shape index (κ1) is 24.1. The Morgan fingerprint density at radius 2 is 1.61 bits per heavy atom. The van der Waals surface area contributed by atoms with Gasteiger partial charge in [-0.25, -0.2) is 12.8 Å². The van der Waals surface area contributed by atoms with Crippen LogP contribution >= 0.6 is 0 Å². The van der Waals surface area contributed by atoms with Gasteiger partial charge in [0.2, 0.25) is 0 Å². The van der Waals surface area contributed by atoms with Crippen molar-refractivity contribution in [3.8, 4) is 5.75 Å². The molecule has 0 spiro atoms. The van der Waals surface area contributed by atoms with Gasteiger partial charge >= 0.3 is 0 Å². The molecule has 5 rings (SSSR count). The van der Waals surface area contributed by atoms with Crippen LogP contribution in [0.2, 0.25) is 0 Å². The number of carbonyl (C=O) groups excluding carboxylic acids is 1. The Balaban J connectivity index is 1.30. The topological polar surface area (TPSA) is 70.2 Å². The van der Waals surface area contributed by atoms with Crippen LogP contribution in [0.15, 0.2) is 71.6 Å². The quantitative estimate of drug-likeness (QED) is 0.521. The summed E-state index contributed by atoms with van der Waals surface area (Å²) in [5, 5.41) is 0. The average molecular weight is 510 g/mol. The SMILES string of the molecule is COc1ccc(N2CCN(C(=O)c3ccc4c(c3)C[C@@H](C)N4S(=O)(=O)c3ccc(F)cc3)CC2)cc1. The fourth-order valence-electron chi connectivity index (χ4n) is 4.97. The fraction of sp³-hybridized carbons (Fsp3) is 0.296. The summed E-state index contributed by atoms with van der Waals surface area (Å²) < 4.78 is 46.5. The van der Waals surface area contributed by atoms with Crippen molar-refractivity contribution in [3.63, 3.8) is 0 Å². The number of benzene rings is 3.